The molecule has 140 valence electrons. The number of methoxy groups -OCH3 is 1. The molecule has 4 nitrogen and oxygen atoms in total. The summed E-state index contributed by atoms with van der Waals surface area (Å²) in [4.78, 5) is 13.2. The lowest BCUT2D eigenvalue weighted by Crippen LogP contribution is -2.80. The zero-order chi connectivity index (χ0) is 18.3. The number of anilines is 1. The van der Waals surface area contributed by atoms with Gasteiger partial charge in [-0.25, -0.2) is 5.01 Å². The van der Waals surface area contributed by atoms with Crippen molar-refractivity contribution in [3.63, 3.8) is 0 Å². The molecule has 0 aromatic heterocycles. The zero-order valence-electron chi connectivity index (χ0n) is 15.7. The number of amides is 1. The van der Waals surface area contributed by atoms with Gasteiger partial charge in [0.15, 0.2) is 0 Å². The molecule has 26 heavy (non-hydrogen) atoms. The Bertz CT molecular complexity index is 748. The lowest BCUT2D eigenvalue weighted by Gasteiger charge is -2.67. The van der Waals surface area contributed by atoms with Gasteiger partial charge in [-0.05, 0) is 75.8 Å². The largest absolute Gasteiger partial charge is 0.495 e. The lowest BCUT2D eigenvalue weighted by atomic mass is 9.53. The average molecular weight is 375 g/mol. The molecule has 4 aliphatic carbocycles. The van der Waals surface area contributed by atoms with Gasteiger partial charge < -0.3 is 4.74 Å². The zero-order valence-corrected chi connectivity index (χ0v) is 16.5. The van der Waals surface area contributed by atoms with Crippen LogP contribution in [0.3, 0.4) is 0 Å². The number of hydrazine groups is 1. The van der Waals surface area contributed by atoms with Gasteiger partial charge in [-0.2, -0.15) is 0 Å². The number of hydrogen-bond donors (Lipinski definition) is 0. The average Bonchev–Trinajstić information content (AvgIpc) is 2.58. The first-order chi connectivity index (χ1) is 12.3. The van der Waals surface area contributed by atoms with Crippen LogP contribution >= 0.6 is 11.6 Å². The molecule has 4 saturated carbocycles. The van der Waals surface area contributed by atoms with E-state index in [2.05, 4.69) is 16.1 Å². The van der Waals surface area contributed by atoms with Crippen molar-refractivity contribution in [1.82, 2.24) is 5.01 Å². The fraction of sp³-hybridized carbons (Fsp3) is 0.667. The van der Waals surface area contributed by atoms with Crippen molar-refractivity contribution in [2.45, 2.75) is 62.4 Å². The summed E-state index contributed by atoms with van der Waals surface area (Å²) >= 11 is 6.92. The molecule has 0 radical (unpaired) electrons. The lowest BCUT2D eigenvalue weighted by molar-refractivity contribution is -0.169. The van der Waals surface area contributed by atoms with Crippen LogP contribution in [0.1, 0.15) is 46.0 Å². The number of para-hydroxylation sites is 2. The van der Waals surface area contributed by atoms with Gasteiger partial charge >= 0.3 is 0 Å². The Morgan fingerprint density at radius 1 is 1.12 bits per heavy atom. The van der Waals surface area contributed by atoms with Crippen molar-refractivity contribution < 1.29 is 9.53 Å². The molecule has 1 saturated heterocycles. The normalized spacial score (nSPS) is 39.9. The molecular formula is C21H27ClN2O2. The first-order valence-electron chi connectivity index (χ1n) is 9.80. The van der Waals surface area contributed by atoms with E-state index < -0.39 is 5.54 Å². The second-order valence-corrected chi connectivity index (χ2v) is 10.1. The Morgan fingerprint density at radius 2 is 1.77 bits per heavy atom. The van der Waals surface area contributed by atoms with E-state index >= 15 is 0 Å². The van der Waals surface area contributed by atoms with E-state index in [0.717, 1.165) is 30.2 Å². The second-order valence-electron chi connectivity index (χ2n) is 9.30. The third-order valence-corrected chi connectivity index (χ3v) is 7.68. The van der Waals surface area contributed by atoms with Crippen LogP contribution in [-0.4, -0.2) is 34.5 Å². The van der Waals surface area contributed by atoms with E-state index in [0.29, 0.717) is 11.8 Å². The number of hydrogen-bond acceptors (Lipinski definition) is 3. The Morgan fingerprint density at radius 3 is 2.38 bits per heavy atom. The smallest absolute Gasteiger partial charge is 0.268 e. The summed E-state index contributed by atoms with van der Waals surface area (Å²) in [5, 5.41) is 4.24. The van der Waals surface area contributed by atoms with E-state index in [-0.39, 0.29) is 16.8 Å². The number of rotatable bonds is 3. The van der Waals surface area contributed by atoms with Crippen LogP contribution in [0.15, 0.2) is 24.3 Å². The van der Waals surface area contributed by atoms with Gasteiger partial charge in [-0.1, -0.05) is 12.1 Å². The predicted molar refractivity (Wildman–Crippen MR) is 102 cm³/mol. The highest BCUT2D eigenvalue weighted by molar-refractivity contribution is 6.24. The minimum absolute atomic E-state index is 0.00823. The van der Waals surface area contributed by atoms with Gasteiger partial charge in [-0.15, -0.1) is 11.6 Å². The van der Waals surface area contributed by atoms with Crippen LogP contribution in [0.2, 0.25) is 0 Å². The van der Waals surface area contributed by atoms with E-state index in [4.69, 9.17) is 16.3 Å². The predicted octanol–water partition coefficient (Wildman–Crippen LogP) is 4.22. The summed E-state index contributed by atoms with van der Waals surface area (Å²) in [5.74, 6) is 2.84. The van der Waals surface area contributed by atoms with Crippen LogP contribution in [0.4, 0.5) is 5.69 Å². The van der Waals surface area contributed by atoms with Gasteiger partial charge in [-0.3, -0.25) is 9.80 Å². The maximum Gasteiger partial charge on any atom is 0.268 e. The highest BCUT2D eigenvalue weighted by Gasteiger charge is 2.63. The van der Waals surface area contributed by atoms with E-state index in [1.807, 2.05) is 32.0 Å². The van der Waals surface area contributed by atoms with Crippen LogP contribution in [0.25, 0.3) is 0 Å². The molecule has 1 aromatic carbocycles. The van der Waals surface area contributed by atoms with Gasteiger partial charge in [0, 0.05) is 4.87 Å². The highest BCUT2D eigenvalue weighted by atomic mass is 35.5. The van der Waals surface area contributed by atoms with Crippen LogP contribution < -0.4 is 9.75 Å². The summed E-state index contributed by atoms with van der Waals surface area (Å²) in [6.07, 6.45) is 5.72. The van der Waals surface area contributed by atoms with Crippen LogP contribution in [0, 0.1) is 17.8 Å². The molecule has 1 heterocycles. The number of carbonyl (C=O) groups excluding carboxylic acids is 1. The molecule has 1 aliphatic heterocycles. The van der Waals surface area contributed by atoms with Crippen molar-refractivity contribution in [3.05, 3.63) is 24.3 Å². The van der Waals surface area contributed by atoms with E-state index in [1.54, 1.807) is 7.11 Å². The summed E-state index contributed by atoms with van der Waals surface area (Å²) in [7, 11) is 1.69. The Kier molecular flexibility index (Phi) is 3.42. The minimum Gasteiger partial charge on any atom is -0.495 e. The molecule has 4 bridgehead atoms. The quantitative estimate of drug-likeness (QED) is 0.742. The van der Waals surface area contributed by atoms with Crippen LogP contribution in [0.5, 0.6) is 5.75 Å². The molecule has 5 atom stereocenters. The maximum absolute atomic E-state index is 13.2. The van der Waals surface area contributed by atoms with Crippen molar-refractivity contribution in [2.24, 2.45) is 17.8 Å². The van der Waals surface area contributed by atoms with E-state index in [9.17, 15) is 4.79 Å². The van der Waals surface area contributed by atoms with Gasteiger partial charge in [0.25, 0.3) is 5.91 Å². The Labute approximate surface area is 160 Å². The molecule has 5 aliphatic rings. The first-order valence-corrected chi connectivity index (χ1v) is 10.2. The number of ether oxygens (including phenoxy) is 1. The number of alkyl halides is 1. The van der Waals surface area contributed by atoms with Crippen molar-refractivity contribution in [1.29, 1.82) is 0 Å². The molecule has 1 aromatic rings. The Balaban J connectivity index is 1.53. The fourth-order valence-corrected chi connectivity index (χ4v) is 7.09. The third kappa shape index (κ3) is 2.11. The van der Waals surface area contributed by atoms with E-state index in [1.165, 1.54) is 19.3 Å². The van der Waals surface area contributed by atoms with Gasteiger partial charge in [0.2, 0.25) is 0 Å². The number of halogens is 1. The highest BCUT2D eigenvalue weighted by Crippen LogP contribution is 2.61. The number of carbonyl (C=O) groups is 1. The van der Waals surface area contributed by atoms with Gasteiger partial charge in [0.1, 0.15) is 17.0 Å². The maximum atomic E-state index is 13.2. The van der Waals surface area contributed by atoms with Crippen molar-refractivity contribution >= 4 is 23.2 Å². The summed E-state index contributed by atoms with van der Waals surface area (Å²) in [6.45, 7) is 4.02. The summed E-state index contributed by atoms with van der Waals surface area (Å²) in [5.41, 5.74) is 0.441. The van der Waals surface area contributed by atoms with Crippen molar-refractivity contribution in [2.75, 3.05) is 12.1 Å². The molecule has 3 unspecified atom stereocenters. The molecule has 5 fully saturated rings. The van der Waals surface area contributed by atoms with Gasteiger partial charge in [0.05, 0.1) is 13.2 Å². The topological polar surface area (TPSA) is 32.8 Å². The SMILES string of the molecule is COc1ccccc1N1N(C2[C@@H]3CC4C[C@H]2CC(Cl)(C4)C3)C(=O)C1(C)C. The molecule has 5 heteroatoms. The molecular weight excluding hydrogens is 348 g/mol. The molecule has 0 spiro atoms. The van der Waals surface area contributed by atoms with Crippen molar-refractivity contribution in [3.8, 4) is 5.75 Å². The number of nitrogens with zero attached hydrogens (tertiary/aromatic N) is 2. The number of benzene rings is 1. The Hall–Kier alpha value is -1.42. The first kappa shape index (κ1) is 16.7. The summed E-state index contributed by atoms with van der Waals surface area (Å²) < 4.78 is 5.60. The molecule has 6 rings (SSSR count). The molecule has 1 amide bonds. The van der Waals surface area contributed by atoms with Crippen LogP contribution in [-0.2, 0) is 4.79 Å². The second kappa shape index (κ2) is 5.31. The molecule has 0 N–H and O–H groups in total. The fourth-order valence-electron chi connectivity index (χ4n) is 6.47. The monoisotopic (exact) mass is 374 g/mol. The third-order valence-electron chi connectivity index (χ3n) is 7.22. The minimum atomic E-state index is -0.540. The summed E-state index contributed by atoms with van der Waals surface area (Å²) in [6, 6.07) is 8.29. The standard InChI is InChI=1S/C21H27ClN2O2/c1-20(2)19(25)23(24(20)16-6-4-5-7-17(16)26-3)18-14-8-13-9-15(18)12-21(22,10-13)11-14/h4-7,13-15,18H,8-12H2,1-3H3/t13?,14-,15+,18?,21?.